The Morgan fingerprint density at radius 3 is 2.81 bits per heavy atom. The zero-order chi connectivity index (χ0) is 22.1. The van der Waals surface area contributed by atoms with Crippen LogP contribution in [0.15, 0.2) is 36.7 Å². The lowest BCUT2D eigenvalue weighted by Gasteiger charge is -2.39. The third kappa shape index (κ3) is 4.25. The molecule has 1 aromatic carbocycles. The van der Waals surface area contributed by atoms with Crippen molar-refractivity contribution in [3.05, 3.63) is 41.7 Å². The van der Waals surface area contributed by atoms with Gasteiger partial charge in [-0.3, -0.25) is 0 Å². The number of rotatable bonds is 3. The first kappa shape index (κ1) is 21.0. The molecule has 32 heavy (non-hydrogen) atoms. The number of fused-ring (bicyclic) bond motifs is 1. The largest absolute Gasteiger partial charge is 0.360 e. The first-order chi connectivity index (χ1) is 15.6. The molecule has 2 saturated heterocycles. The zero-order valence-corrected chi connectivity index (χ0v) is 19.0. The Morgan fingerprint density at radius 2 is 1.97 bits per heavy atom. The standard InChI is InChI=1S/C23H28ClN7O/c1-29-9-11-30(12-10-29)23(32)31-8-4-5-16(15-31)27-22-26-14-19(24)21(28-22)18-13-25-20-7-3-2-6-17(18)20/h2-3,6-7,13-14,16,25H,4-5,8-12,15H2,1H3,(H,26,27,28). The third-order valence-electron chi connectivity index (χ3n) is 6.39. The van der Waals surface area contributed by atoms with Gasteiger partial charge in [0, 0.05) is 68.0 Å². The van der Waals surface area contributed by atoms with Crippen LogP contribution in [-0.4, -0.2) is 88.0 Å². The van der Waals surface area contributed by atoms with Crippen molar-refractivity contribution in [3.8, 4) is 11.3 Å². The Bertz CT molecular complexity index is 1110. The van der Waals surface area contributed by atoms with Gasteiger partial charge in [-0.15, -0.1) is 0 Å². The van der Waals surface area contributed by atoms with E-state index in [1.54, 1.807) is 6.20 Å². The highest BCUT2D eigenvalue weighted by molar-refractivity contribution is 6.33. The number of nitrogens with one attached hydrogen (secondary N) is 2. The van der Waals surface area contributed by atoms with E-state index in [0.29, 0.717) is 23.2 Å². The molecule has 0 bridgehead atoms. The molecule has 2 aromatic heterocycles. The summed E-state index contributed by atoms with van der Waals surface area (Å²) in [5.41, 5.74) is 2.69. The second kappa shape index (κ2) is 8.96. The van der Waals surface area contributed by atoms with Crippen LogP contribution in [0, 0.1) is 0 Å². The van der Waals surface area contributed by atoms with Gasteiger partial charge >= 0.3 is 6.03 Å². The average Bonchev–Trinajstić information content (AvgIpc) is 3.25. The van der Waals surface area contributed by atoms with Crippen LogP contribution in [0.1, 0.15) is 12.8 Å². The lowest BCUT2D eigenvalue weighted by Crippen LogP contribution is -2.55. The quantitative estimate of drug-likeness (QED) is 0.634. The van der Waals surface area contributed by atoms with E-state index >= 15 is 0 Å². The second-order valence-corrected chi connectivity index (χ2v) is 9.05. The van der Waals surface area contributed by atoms with Gasteiger partial charge in [-0.05, 0) is 26.0 Å². The Hall–Kier alpha value is -2.84. The molecular weight excluding hydrogens is 426 g/mol. The highest BCUT2D eigenvalue weighted by Gasteiger charge is 2.29. The summed E-state index contributed by atoms with van der Waals surface area (Å²) in [6, 6.07) is 8.33. The van der Waals surface area contributed by atoms with Crippen molar-refractivity contribution in [2.45, 2.75) is 18.9 Å². The number of likely N-dealkylation sites (N-methyl/N-ethyl adjacent to an activating group) is 1. The molecule has 2 aliphatic heterocycles. The van der Waals surface area contributed by atoms with Gasteiger partial charge in [-0.2, -0.15) is 0 Å². The Kier molecular flexibility index (Phi) is 5.89. The molecule has 8 nitrogen and oxygen atoms in total. The summed E-state index contributed by atoms with van der Waals surface area (Å²) >= 11 is 6.46. The number of aromatic amines is 1. The lowest BCUT2D eigenvalue weighted by molar-refractivity contribution is 0.114. The molecule has 2 aliphatic rings. The Morgan fingerprint density at radius 1 is 1.16 bits per heavy atom. The number of anilines is 1. The zero-order valence-electron chi connectivity index (χ0n) is 18.2. The van der Waals surface area contributed by atoms with Crippen molar-refractivity contribution in [1.29, 1.82) is 0 Å². The maximum atomic E-state index is 13.0. The Labute approximate surface area is 192 Å². The van der Waals surface area contributed by atoms with Gasteiger partial charge in [0.25, 0.3) is 0 Å². The number of amides is 2. The average molecular weight is 454 g/mol. The number of piperidine rings is 1. The maximum absolute atomic E-state index is 13.0. The van der Waals surface area contributed by atoms with E-state index in [0.717, 1.165) is 62.0 Å². The van der Waals surface area contributed by atoms with Crippen LogP contribution in [0.25, 0.3) is 22.2 Å². The first-order valence-corrected chi connectivity index (χ1v) is 11.5. The molecule has 0 radical (unpaired) electrons. The van der Waals surface area contributed by atoms with E-state index in [1.807, 2.05) is 34.2 Å². The number of para-hydroxylation sites is 1. The van der Waals surface area contributed by atoms with E-state index in [4.69, 9.17) is 16.6 Å². The van der Waals surface area contributed by atoms with E-state index in [1.165, 1.54) is 0 Å². The van der Waals surface area contributed by atoms with Gasteiger partial charge in [0.15, 0.2) is 0 Å². The summed E-state index contributed by atoms with van der Waals surface area (Å²) in [6.07, 6.45) is 5.50. The number of urea groups is 1. The molecule has 2 N–H and O–H groups in total. The van der Waals surface area contributed by atoms with Gasteiger partial charge in [0.1, 0.15) is 0 Å². The summed E-state index contributed by atoms with van der Waals surface area (Å²) in [7, 11) is 2.10. The van der Waals surface area contributed by atoms with Crippen LogP contribution in [-0.2, 0) is 0 Å². The number of hydrogen-bond acceptors (Lipinski definition) is 5. The summed E-state index contributed by atoms with van der Waals surface area (Å²) < 4.78 is 0. The van der Waals surface area contributed by atoms with Crippen LogP contribution in [0.3, 0.4) is 0 Å². The summed E-state index contributed by atoms with van der Waals surface area (Å²) in [5.74, 6) is 0.536. The molecule has 2 fully saturated rings. The fourth-order valence-electron chi connectivity index (χ4n) is 4.54. The van der Waals surface area contributed by atoms with Crippen molar-refractivity contribution in [2.24, 2.45) is 0 Å². The highest BCUT2D eigenvalue weighted by Crippen LogP contribution is 2.32. The number of carbonyl (C=O) groups is 1. The molecule has 0 saturated carbocycles. The monoisotopic (exact) mass is 453 g/mol. The van der Waals surface area contributed by atoms with E-state index in [-0.39, 0.29) is 12.1 Å². The predicted molar refractivity (Wildman–Crippen MR) is 127 cm³/mol. The van der Waals surface area contributed by atoms with Crippen LogP contribution in [0.4, 0.5) is 10.7 Å². The van der Waals surface area contributed by atoms with Crippen LogP contribution in [0.5, 0.6) is 0 Å². The normalized spacial score (nSPS) is 20.0. The summed E-state index contributed by atoms with van der Waals surface area (Å²) in [5, 5.41) is 5.02. The molecule has 4 heterocycles. The fraction of sp³-hybridized carbons (Fsp3) is 0.435. The smallest absolute Gasteiger partial charge is 0.320 e. The number of carbonyl (C=O) groups excluding carboxylic acids is 1. The van der Waals surface area contributed by atoms with Crippen molar-refractivity contribution >= 4 is 34.5 Å². The number of benzene rings is 1. The lowest BCUT2D eigenvalue weighted by atomic mass is 10.1. The van der Waals surface area contributed by atoms with Crippen molar-refractivity contribution < 1.29 is 4.79 Å². The molecule has 168 valence electrons. The Balaban J connectivity index is 1.30. The predicted octanol–water partition coefficient (Wildman–Crippen LogP) is 3.52. The van der Waals surface area contributed by atoms with Crippen molar-refractivity contribution in [1.82, 2.24) is 29.7 Å². The van der Waals surface area contributed by atoms with E-state index in [2.05, 4.69) is 33.3 Å². The van der Waals surface area contributed by atoms with Crippen LogP contribution in [0.2, 0.25) is 5.02 Å². The highest BCUT2D eigenvalue weighted by atomic mass is 35.5. The van der Waals surface area contributed by atoms with Crippen molar-refractivity contribution in [2.75, 3.05) is 51.6 Å². The molecule has 5 rings (SSSR count). The van der Waals surface area contributed by atoms with Gasteiger partial charge in [0.05, 0.1) is 16.9 Å². The molecule has 0 aliphatic carbocycles. The van der Waals surface area contributed by atoms with Gasteiger partial charge in [-0.25, -0.2) is 14.8 Å². The minimum absolute atomic E-state index is 0.108. The molecule has 1 unspecified atom stereocenters. The van der Waals surface area contributed by atoms with Crippen LogP contribution >= 0.6 is 11.6 Å². The molecule has 9 heteroatoms. The summed E-state index contributed by atoms with van der Waals surface area (Å²) in [4.78, 5) is 31.6. The van der Waals surface area contributed by atoms with E-state index < -0.39 is 0 Å². The second-order valence-electron chi connectivity index (χ2n) is 8.64. The number of aromatic nitrogens is 3. The fourth-order valence-corrected chi connectivity index (χ4v) is 4.73. The van der Waals surface area contributed by atoms with Gasteiger partial charge < -0.3 is 25.0 Å². The number of hydrogen-bond donors (Lipinski definition) is 2. The van der Waals surface area contributed by atoms with Crippen LogP contribution < -0.4 is 5.32 Å². The number of nitrogens with zero attached hydrogens (tertiary/aromatic N) is 5. The van der Waals surface area contributed by atoms with Gasteiger partial charge in [0.2, 0.25) is 5.95 Å². The topological polar surface area (TPSA) is 80.4 Å². The molecular formula is C23H28ClN7O. The minimum Gasteiger partial charge on any atom is -0.360 e. The molecule has 0 spiro atoms. The van der Waals surface area contributed by atoms with E-state index in [9.17, 15) is 4.79 Å². The third-order valence-corrected chi connectivity index (χ3v) is 6.66. The number of piperazine rings is 1. The number of halogens is 1. The van der Waals surface area contributed by atoms with Gasteiger partial charge in [-0.1, -0.05) is 29.8 Å². The molecule has 1 atom stereocenters. The van der Waals surface area contributed by atoms with Crippen molar-refractivity contribution in [3.63, 3.8) is 0 Å². The summed E-state index contributed by atoms with van der Waals surface area (Å²) in [6.45, 7) is 4.88. The molecule has 3 aromatic rings. The SMILES string of the molecule is CN1CCN(C(=O)N2CCCC(Nc3ncc(Cl)c(-c4c[nH]c5ccccc45)n3)C2)CC1. The number of likely N-dealkylation sites (tertiary alicyclic amines) is 1. The first-order valence-electron chi connectivity index (χ1n) is 11.2. The molecule has 2 amide bonds. The maximum Gasteiger partial charge on any atom is 0.320 e. The number of H-pyrrole nitrogens is 1. The minimum atomic E-state index is 0.108.